The molecule has 1 aromatic heterocycles. The summed E-state index contributed by atoms with van der Waals surface area (Å²) >= 11 is 5.74. The number of aryl methyl sites for hydroxylation is 1. The van der Waals surface area contributed by atoms with Crippen LogP contribution in [0.25, 0.3) is 0 Å². The molecular weight excluding hydrogens is 238 g/mol. The monoisotopic (exact) mass is 257 g/mol. The van der Waals surface area contributed by atoms with E-state index in [9.17, 15) is 0 Å². The first kappa shape index (κ1) is 14.0. The maximum Gasteiger partial charge on any atom is 0.229 e. The van der Waals surface area contributed by atoms with Crippen LogP contribution in [-0.4, -0.2) is 35.5 Å². The number of anilines is 1. The van der Waals surface area contributed by atoms with Crippen molar-refractivity contribution in [2.75, 3.05) is 24.4 Å². The van der Waals surface area contributed by atoms with Gasteiger partial charge >= 0.3 is 0 Å². The van der Waals surface area contributed by atoms with E-state index in [4.69, 9.17) is 16.3 Å². The first-order valence-corrected chi connectivity index (χ1v) is 6.34. The van der Waals surface area contributed by atoms with Gasteiger partial charge in [-0.2, -0.15) is 4.98 Å². The van der Waals surface area contributed by atoms with Crippen LogP contribution < -0.4 is 9.64 Å². The lowest BCUT2D eigenvalue weighted by atomic mass is 10.3. The quantitative estimate of drug-likeness (QED) is 0.735. The molecule has 0 spiro atoms. The number of methoxy groups -OCH3 is 1. The normalized spacial score (nSPS) is 10.7. The van der Waals surface area contributed by atoms with E-state index in [1.165, 1.54) is 0 Å². The minimum atomic E-state index is 0.338. The SMILES string of the molecule is COc1cc(C)nc(N(CCCCl)C(C)C)n1. The lowest BCUT2D eigenvalue weighted by Gasteiger charge is -2.26. The second-order valence-electron chi connectivity index (χ2n) is 4.18. The van der Waals surface area contributed by atoms with Crippen molar-refractivity contribution in [3.8, 4) is 5.88 Å². The molecule has 0 aliphatic heterocycles. The fourth-order valence-corrected chi connectivity index (χ4v) is 1.70. The highest BCUT2D eigenvalue weighted by molar-refractivity contribution is 6.17. The number of halogens is 1. The molecule has 1 heterocycles. The Morgan fingerprint density at radius 2 is 2.12 bits per heavy atom. The Balaban J connectivity index is 2.96. The third kappa shape index (κ3) is 4.04. The summed E-state index contributed by atoms with van der Waals surface area (Å²) in [4.78, 5) is 11.0. The Hall–Kier alpha value is -1.03. The topological polar surface area (TPSA) is 38.2 Å². The van der Waals surface area contributed by atoms with Gasteiger partial charge in [0.15, 0.2) is 0 Å². The smallest absolute Gasteiger partial charge is 0.229 e. The molecule has 0 bridgehead atoms. The van der Waals surface area contributed by atoms with Gasteiger partial charge < -0.3 is 9.64 Å². The van der Waals surface area contributed by atoms with E-state index in [0.717, 1.165) is 18.7 Å². The van der Waals surface area contributed by atoms with Crippen molar-refractivity contribution >= 4 is 17.5 Å². The van der Waals surface area contributed by atoms with Crippen molar-refractivity contribution in [2.24, 2.45) is 0 Å². The first-order chi connectivity index (χ1) is 8.08. The maximum absolute atomic E-state index is 5.74. The second-order valence-corrected chi connectivity index (χ2v) is 4.56. The average Bonchev–Trinajstić information content (AvgIpc) is 2.28. The zero-order valence-electron chi connectivity index (χ0n) is 10.9. The second kappa shape index (κ2) is 6.64. The average molecular weight is 258 g/mol. The molecule has 0 atom stereocenters. The van der Waals surface area contributed by atoms with Crippen molar-refractivity contribution in [2.45, 2.75) is 33.2 Å². The van der Waals surface area contributed by atoms with Gasteiger partial charge in [-0.25, -0.2) is 4.98 Å². The number of hydrogen-bond donors (Lipinski definition) is 0. The third-order valence-electron chi connectivity index (χ3n) is 2.44. The number of ether oxygens (including phenoxy) is 1. The van der Waals surface area contributed by atoms with Gasteiger partial charge in [-0.1, -0.05) is 0 Å². The highest BCUT2D eigenvalue weighted by Crippen LogP contribution is 2.17. The van der Waals surface area contributed by atoms with Crippen molar-refractivity contribution in [3.05, 3.63) is 11.8 Å². The summed E-state index contributed by atoms with van der Waals surface area (Å²) in [5.41, 5.74) is 0.906. The summed E-state index contributed by atoms with van der Waals surface area (Å²) in [5, 5.41) is 0. The molecule has 4 nitrogen and oxygen atoms in total. The van der Waals surface area contributed by atoms with Gasteiger partial charge in [0.25, 0.3) is 0 Å². The van der Waals surface area contributed by atoms with Crippen molar-refractivity contribution in [3.63, 3.8) is 0 Å². The maximum atomic E-state index is 5.74. The molecule has 0 fully saturated rings. The Bertz CT molecular complexity index is 358. The van der Waals surface area contributed by atoms with Crippen molar-refractivity contribution in [1.29, 1.82) is 0 Å². The Morgan fingerprint density at radius 1 is 1.41 bits per heavy atom. The highest BCUT2D eigenvalue weighted by atomic mass is 35.5. The summed E-state index contributed by atoms with van der Waals surface area (Å²) in [6, 6.07) is 2.16. The molecule has 0 amide bonds. The van der Waals surface area contributed by atoms with Gasteiger partial charge in [0.1, 0.15) is 0 Å². The van der Waals surface area contributed by atoms with Gasteiger partial charge in [-0.05, 0) is 27.2 Å². The predicted octanol–water partition coefficient (Wildman–Crippen LogP) is 2.64. The largest absolute Gasteiger partial charge is 0.481 e. The van der Waals surface area contributed by atoms with Crippen LogP contribution in [0.5, 0.6) is 5.88 Å². The molecule has 0 aromatic carbocycles. The van der Waals surface area contributed by atoms with Crippen LogP contribution in [0.2, 0.25) is 0 Å². The lowest BCUT2D eigenvalue weighted by Crippen LogP contribution is -2.33. The van der Waals surface area contributed by atoms with E-state index < -0.39 is 0 Å². The Kier molecular flexibility index (Phi) is 5.48. The zero-order valence-corrected chi connectivity index (χ0v) is 11.7. The van der Waals surface area contributed by atoms with E-state index in [1.807, 2.05) is 13.0 Å². The van der Waals surface area contributed by atoms with E-state index >= 15 is 0 Å². The zero-order chi connectivity index (χ0) is 12.8. The minimum absolute atomic E-state index is 0.338. The number of hydrogen-bond acceptors (Lipinski definition) is 4. The summed E-state index contributed by atoms with van der Waals surface area (Å²) in [7, 11) is 1.62. The van der Waals surface area contributed by atoms with Gasteiger partial charge in [0, 0.05) is 30.2 Å². The van der Waals surface area contributed by atoms with Crippen LogP contribution in [-0.2, 0) is 0 Å². The van der Waals surface area contributed by atoms with Crippen LogP contribution in [0, 0.1) is 6.92 Å². The van der Waals surface area contributed by atoms with E-state index in [0.29, 0.717) is 23.8 Å². The lowest BCUT2D eigenvalue weighted by molar-refractivity contribution is 0.395. The molecular formula is C12H20ClN3O. The summed E-state index contributed by atoms with van der Waals surface area (Å²) in [5.74, 6) is 1.96. The summed E-state index contributed by atoms with van der Waals surface area (Å²) in [6.07, 6.45) is 0.916. The summed E-state index contributed by atoms with van der Waals surface area (Å²) in [6.45, 7) is 7.03. The van der Waals surface area contributed by atoms with Crippen molar-refractivity contribution < 1.29 is 4.74 Å². The number of rotatable bonds is 6. The van der Waals surface area contributed by atoms with Crippen LogP contribution in [0.3, 0.4) is 0 Å². The van der Waals surface area contributed by atoms with E-state index in [2.05, 4.69) is 28.7 Å². The van der Waals surface area contributed by atoms with Crippen LogP contribution in [0.15, 0.2) is 6.07 Å². The third-order valence-corrected chi connectivity index (χ3v) is 2.71. The van der Waals surface area contributed by atoms with E-state index in [1.54, 1.807) is 7.11 Å². The molecule has 0 saturated carbocycles. The van der Waals surface area contributed by atoms with Crippen molar-refractivity contribution in [1.82, 2.24) is 9.97 Å². The molecule has 0 unspecified atom stereocenters. The Morgan fingerprint density at radius 3 is 2.65 bits per heavy atom. The molecule has 0 saturated heterocycles. The fourth-order valence-electron chi connectivity index (χ4n) is 1.58. The first-order valence-electron chi connectivity index (χ1n) is 5.80. The number of alkyl halides is 1. The van der Waals surface area contributed by atoms with E-state index in [-0.39, 0.29) is 0 Å². The molecule has 96 valence electrons. The molecule has 5 heteroatoms. The molecule has 0 aliphatic carbocycles. The number of nitrogens with zero attached hydrogens (tertiary/aromatic N) is 3. The standard InChI is InChI=1S/C12H20ClN3O/c1-9(2)16(7-5-6-13)12-14-10(3)8-11(15-12)17-4/h8-9H,5-7H2,1-4H3. The fraction of sp³-hybridized carbons (Fsp3) is 0.667. The van der Waals surface area contributed by atoms with Gasteiger partial charge in [0.05, 0.1) is 7.11 Å². The number of aromatic nitrogens is 2. The Labute approximate surface area is 108 Å². The minimum Gasteiger partial charge on any atom is -0.481 e. The molecule has 17 heavy (non-hydrogen) atoms. The molecule has 0 aliphatic rings. The van der Waals surface area contributed by atoms with Crippen LogP contribution in [0.1, 0.15) is 26.0 Å². The van der Waals surface area contributed by atoms with Gasteiger partial charge in [0.2, 0.25) is 11.8 Å². The van der Waals surface area contributed by atoms with Gasteiger partial charge in [-0.3, -0.25) is 0 Å². The molecule has 1 rings (SSSR count). The molecule has 1 aromatic rings. The molecule has 0 radical (unpaired) electrons. The summed E-state index contributed by atoms with van der Waals surface area (Å²) < 4.78 is 5.17. The highest BCUT2D eigenvalue weighted by Gasteiger charge is 2.14. The molecule has 0 N–H and O–H groups in total. The predicted molar refractivity (Wildman–Crippen MR) is 71.1 cm³/mol. The van der Waals surface area contributed by atoms with Gasteiger partial charge in [-0.15, -0.1) is 11.6 Å². The van der Waals surface area contributed by atoms with Crippen LogP contribution in [0.4, 0.5) is 5.95 Å². The van der Waals surface area contributed by atoms with Crippen LogP contribution >= 0.6 is 11.6 Å².